The molecule has 0 atom stereocenters. The number of amides is 1. The first-order valence-corrected chi connectivity index (χ1v) is 5.57. The number of aliphatic hydroxyl groups is 1. The van der Waals surface area contributed by atoms with Crippen molar-refractivity contribution < 1.29 is 18.7 Å². The molecule has 0 aliphatic heterocycles. The van der Waals surface area contributed by atoms with E-state index in [0.717, 1.165) is 12.1 Å². The Morgan fingerprint density at radius 2 is 2.17 bits per heavy atom. The Morgan fingerprint density at radius 3 is 2.78 bits per heavy atom. The summed E-state index contributed by atoms with van der Waals surface area (Å²) in [5.41, 5.74) is 0.600. The molecule has 18 heavy (non-hydrogen) atoms. The number of rotatable bonds is 5. The summed E-state index contributed by atoms with van der Waals surface area (Å²) in [5.74, 6) is -1.73. The highest BCUT2D eigenvalue weighted by atomic mass is 19.1. The number of carbonyl (C=O) groups excluding carboxylic acids is 1. The topological polar surface area (TPSA) is 49.3 Å². The van der Waals surface area contributed by atoms with Crippen molar-refractivity contribution >= 4 is 11.5 Å². The molecule has 0 spiro atoms. The molecule has 0 aromatic heterocycles. The van der Waals surface area contributed by atoms with Crippen LogP contribution in [0, 0.1) is 11.6 Å². The Hall–Kier alpha value is -1.75. The van der Waals surface area contributed by atoms with Gasteiger partial charge in [-0.3, -0.25) is 4.79 Å². The smallest absolute Gasteiger partial charge is 0.244 e. The van der Waals surface area contributed by atoms with Crippen molar-refractivity contribution in [2.75, 3.05) is 13.2 Å². The lowest BCUT2D eigenvalue weighted by Crippen LogP contribution is -2.23. The first-order chi connectivity index (χ1) is 8.54. The predicted molar refractivity (Wildman–Crippen MR) is 64.7 cm³/mol. The van der Waals surface area contributed by atoms with Crippen LogP contribution in [0.15, 0.2) is 24.3 Å². The van der Waals surface area contributed by atoms with Crippen LogP contribution in [0.1, 0.15) is 18.9 Å². The average Bonchev–Trinajstić information content (AvgIpc) is 2.28. The summed E-state index contributed by atoms with van der Waals surface area (Å²) in [6, 6.07) is 3.20. The zero-order valence-corrected chi connectivity index (χ0v) is 10.0. The van der Waals surface area contributed by atoms with Gasteiger partial charge in [-0.25, -0.2) is 8.78 Å². The molecule has 1 amide bonds. The molecule has 2 N–H and O–H groups in total. The van der Waals surface area contributed by atoms with Crippen LogP contribution in [-0.4, -0.2) is 24.2 Å². The third kappa shape index (κ3) is 4.25. The van der Waals surface area contributed by atoms with Gasteiger partial charge in [0, 0.05) is 30.9 Å². The van der Waals surface area contributed by atoms with Crippen LogP contribution in [-0.2, 0) is 4.79 Å². The molecule has 0 fully saturated rings. The second-order valence-electron chi connectivity index (χ2n) is 3.82. The maximum Gasteiger partial charge on any atom is 0.244 e. The van der Waals surface area contributed by atoms with Crippen molar-refractivity contribution in [2.45, 2.75) is 13.3 Å². The van der Waals surface area contributed by atoms with Crippen molar-refractivity contribution in [1.82, 2.24) is 5.32 Å². The third-order valence-electron chi connectivity index (χ3n) is 2.34. The normalized spacial score (nSPS) is 11.4. The Kier molecular flexibility index (Phi) is 5.45. The molecule has 1 aromatic carbocycles. The van der Waals surface area contributed by atoms with E-state index >= 15 is 0 Å². The van der Waals surface area contributed by atoms with Crippen LogP contribution in [0.3, 0.4) is 0 Å². The third-order valence-corrected chi connectivity index (χ3v) is 2.34. The zero-order valence-electron chi connectivity index (χ0n) is 10.0. The molecule has 98 valence electrons. The Balaban J connectivity index is 2.73. The van der Waals surface area contributed by atoms with Gasteiger partial charge in [0.15, 0.2) is 0 Å². The number of nitrogens with one attached hydrogen (secondary N) is 1. The van der Waals surface area contributed by atoms with Gasteiger partial charge in [-0.05, 0) is 31.1 Å². The van der Waals surface area contributed by atoms with Gasteiger partial charge in [0.2, 0.25) is 5.91 Å². The minimum atomic E-state index is -0.702. The van der Waals surface area contributed by atoms with Crippen LogP contribution >= 0.6 is 0 Å². The van der Waals surface area contributed by atoms with Crippen molar-refractivity contribution in [3.63, 3.8) is 0 Å². The van der Waals surface area contributed by atoms with E-state index < -0.39 is 11.6 Å². The quantitative estimate of drug-likeness (QED) is 0.623. The van der Waals surface area contributed by atoms with Crippen molar-refractivity contribution in [2.24, 2.45) is 0 Å². The number of carbonyl (C=O) groups is 1. The molecule has 0 saturated heterocycles. The molecule has 0 unspecified atom stereocenters. The van der Waals surface area contributed by atoms with Gasteiger partial charge in [0.25, 0.3) is 0 Å². The number of hydrogen-bond donors (Lipinski definition) is 2. The van der Waals surface area contributed by atoms with E-state index in [1.54, 1.807) is 6.92 Å². The summed E-state index contributed by atoms with van der Waals surface area (Å²) in [4.78, 5) is 11.4. The summed E-state index contributed by atoms with van der Waals surface area (Å²) in [6.45, 7) is 1.92. The zero-order chi connectivity index (χ0) is 13.5. The highest BCUT2D eigenvalue weighted by molar-refractivity contribution is 5.94. The first kappa shape index (κ1) is 14.3. The van der Waals surface area contributed by atoms with Crippen molar-refractivity contribution in [3.05, 3.63) is 41.5 Å². The lowest BCUT2D eigenvalue weighted by molar-refractivity contribution is -0.116. The van der Waals surface area contributed by atoms with E-state index in [4.69, 9.17) is 5.11 Å². The first-order valence-electron chi connectivity index (χ1n) is 5.57. The van der Waals surface area contributed by atoms with Crippen LogP contribution in [0.4, 0.5) is 8.78 Å². The van der Waals surface area contributed by atoms with Crippen LogP contribution in [0.25, 0.3) is 5.57 Å². The maximum absolute atomic E-state index is 13.4. The molecule has 1 rings (SSSR count). The molecule has 5 heteroatoms. The van der Waals surface area contributed by atoms with Crippen LogP contribution < -0.4 is 5.32 Å². The van der Waals surface area contributed by atoms with Gasteiger partial charge in [0.1, 0.15) is 11.6 Å². The lowest BCUT2D eigenvalue weighted by Gasteiger charge is -2.04. The van der Waals surface area contributed by atoms with E-state index in [1.807, 2.05) is 0 Å². The molecule has 0 heterocycles. The van der Waals surface area contributed by atoms with Crippen molar-refractivity contribution in [3.8, 4) is 0 Å². The molecule has 0 radical (unpaired) electrons. The maximum atomic E-state index is 13.4. The second-order valence-corrected chi connectivity index (χ2v) is 3.82. The molecular weight excluding hydrogens is 240 g/mol. The number of hydrogen-bond acceptors (Lipinski definition) is 2. The monoisotopic (exact) mass is 255 g/mol. The number of allylic oxidation sites excluding steroid dienone is 1. The van der Waals surface area contributed by atoms with Gasteiger partial charge in [0.05, 0.1) is 0 Å². The molecule has 1 aromatic rings. The summed E-state index contributed by atoms with van der Waals surface area (Å²) in [5, 5.41) is 11.1. The Bertz CT molecular complexity index is 458. The highest BCUT2D eigenvalue weighted by Crippen LogP contribution is 2.18. The van der Waals surface area contributed by atoms with Gasteiger partial charge in [-0.1, -0.05) is 0 Å². The number of benzene rings is 1. The largest absolute Gasteiger partial charge is 0.396 e. The fourth-order valence-electron chi connectivity index (χ4n) is 1.43. The van der Waals surface area contributed by atoms with E-state index in [9.17, 15) is 13.6 Å². The Morgan fingerprint density at radius 1 is 1.44 bits per heavy atom. The van der Waals surface area contributed by atoms with Crippen LogP contribution in [0.5, 0.6) is 0 Å². The molecule has 0 bridgehead atoms. The van der Waals surface area contributed by atoms with Gasteiger partial charge in [-0.15, -0.1) is 0 Å². The van der Waals surface area contributed by atoms with E-state index in [1.165, 1.54) is 12.1 Å². The SMILES string of the molecule is C/C(=C/C(=O)NCCCO)c1ccc(F)cc1F. The molecular formula is C13H15F2NO2. The Labute approximate surface area is 104 Å². The minimum absolute atomic E-state index is 0.00440. The van der Waals surface area contributed by atoms with E-state index in [2.05, 4.69) is 5.32 Å². The van der Waals surface area contributed by atoms with Gasteiger partial charge < -0.3 is 10.4 Å². The number of aliphatic hydroxyl groups excluding tert-OH is 1. The summed E-state index contributed by atoms with van der Waals surface area (Å²) in [7, 11) is 0. The van der Waals surface area contributed by atoms with Gasteiger partial charge >= 0.3 is 0 Å². The molecule has 0 aliphatic carbocycles. The summed E-state index contributed by atoms with van der Waals surface area (Å²) in [6.07, 6.45) is 1.71. The lowest BCUT2D eigenvalue weighted by atomic mass is 10.1. The molecule has 0 saturated carbocycles. The number of halogens is 2. The fourth-order valence-corrected chi connectivity index (χ4v) is 1.43. The summed E-state index contributed by atoms with van der Waals surface area (Å²) < 4.78 is 26.1. The molecule has 0 aliphatic rings. The fraction of sp³-hybridized carbons (Fsp3) is 0.308. The minimum Gasteiger partial charge on any atom is -0.396 e. The average molecular weight is 255 g/mol. The van der Waals surface area contributed by atoms with Crippen LogP contribution in [0.2, 0.25) is 0 Å². The second kappa shape index (κ2) is 6.86. The summed E-state index contributed by atoms with van der Waals surface area (Å²) >= 11 is 0. The predicted octanol–water partition coefficient (Wildman–Crippen LogP) is 1.87. The highest BCUT2D eigenvalue weighted by Gasteiger charge is 2.07. The van der Waals surface area contributed by atoms with Gasteiger partial charge in [-0.2, -0.15) is 0 Å². The van der Waals surface area contributed by atoms with Crippen molar-refractivity contribution in [1.29, 1.82) is 0 Å². The van der Waals surface area contributed by atoms with E-state index in [-0.39, 0.29) is 18.1 Å². The molecule has 3 nitrogen and oxygen atoms in total. The van der Waals surface area contributed by atoms with E-state index in [0.29, 0.717) is 18.5 Å². The standard InChI is InChI=1S/C13H15F2NO2/c1-9(7-13(18)16-5-2-6-17)11-4-3-10(14)8-12(11)15/h3-4,7-8,17H,2,5-6H2,1H3,(H,16,18)/b9-7-.